The molecule has 5 nitrogen and oxygen atoms in total. The van der Waals surface area contributed by atoms with Crippen LogP contribution >= 0.6 is 0 Å². The summed E-state index contributed by atoms with van der Waals surface area (Å²) in [6.07, 6.45) is 5.53. The van der Waals surface area contributed by atoms with E-state index in [0.29, 0.717) is 6.54 Å². The van der Waals surface area contributed by atoms with Gasteiger partial charge in [-0.2, -0.15) is 0 Å². The average Bonchev–Trinajstić information content (AvgIpc) is 3.01. The van der Waals surface area contributed by atoms with E-state index in [1.165, 1.54) is 17.5 Å². The van der Waals surface area contributed by atoms with Gasteiger partial charge in [-0.05, 0) is 55.4 Å². The van der Waals surface area contributed by atoms with Gasteiger partial charge in [-0.15, -0.1) is 0 Å². The molecule has 1 heterocycles. The number of hydrogen-bond acceptors (Lipinski definition) is 4. The highest BCUT2D eigenvalue weighted by Gasteiger charge is 2.26. The van der Waals surface area contributed by atoms with Crippen molar-refractivity contribution >= 4 is 5.91 Å². The third kappa shape index (κ3) is 3.67. The molecule has 0 bridgehead atoms. The van der Waals surface area contributed by atoms with E-state index in [4.69, 9.17) is 10.5 Å². The lowest BCUT2D eigenvalue weighted by molar-refractivity contribution is -0.133. The molecule has 1 saturated heterocycles. The van der Waals surface area contributed by atoms with Crippen LogP contribution < -0.4 is 15.8 Å². The van der Waals surface area contributed by atoms with E-state index in [-0.39, 0.29) is 11.9 Å². The van der Waals surface area contributed by atoms with Crippen molar-refractivity contribution < 1.29 is 9.53 Å². The molecule has 1 aliphatic carbocycles. The molecule has 2 unspecified atom stereocenters. The Morgan fingerprint density at radius 1 is 1.39 bits per heavy atom. The Bertz CT molecular complexity index is 555. The lowest BCUT2D eigenvalue weighted by atomic mass is 10.1. The lowest BCUT2D eigenvalue weighted by Gasteiger charge is -2.29. The molecular formula is C18H27N3O2. The number of piperidine rings is 1. The van der Waals surface area contributed by atoms with Crippen molar-refractivity contribution in [1.29, 1.82) is 0 Å². The number of amides is 1. The van der Waals surface area contributed by atoms with Gasteiger partial charge in [-0.3, -0.25) is 4.79 Å². The van der Waals surface area contributed by atoms with Crippen LogP contribution in [0, 0.1) is 0 Å². The van der Waals surface area contributed by atoms with E-state index >= 15 is 0 Å². The zero-order valence-corrected chi connectivity index (χ0v) is 13.9. The largest absolute Gasteiger partial charge is 0.497 e. The molecule has 126 valence electrons. The Balaban J connectivity index is 1.56. The minimum absolute atomic E-state index is 0.0843. The summed E-state index contributed by atoms with van der Waals surface area (Å²) in [6, 6.07) is 6.04. The monoisotopic (exact) mass is 317 g/mol. The highest BCUT2D eigenvalue weighted by molar-refractivity contribution is 5.82. The summed E-state index contributed by atoms with van der Waals surface area (Å²) >= 11 is 0. The first-order valence-electron chi connectivity index (χ1n) is 8.63. The molecule has 3 rings (SSSR count). The quantitative estimate of drug-likeness (QED) is 0.866. The van der Waals surface area contributed by atoms with Crippen LogP contribution in [0.15, 0.2) is 18.2 Å². The molecule has 0 radical (unpaired) electrons. The van der Waals surface area contributed by atoms with Crippen molar-refractivity contribution in [3.63, 3.8) is 0 Å². The van der Waals surface area contributed by atoms with E-state index in [9.17, 15) is 4.79 Å². The van der Waals surface area contributed by atoms with Crippen LogP contribution in [0.2, 0.25) is 0 Å². The number of methoxy groups -OCH3 is 1. The number of nitrogens with one attached hydrogen (secondary N) is 1. The van der Waals surface area contributed by atoms with Crippen LogP contribution in [-0.4, -0.2) is 43.6 Å². The first-order valence-corrected chi connectivity index (χ1v) is 8.63. The summed E-state index contributed by atoms with van der Waals surface area (Å²) in [5.41, 5.74) is 8.76. The highest BCUT2D eigenvalue weighted by Crippen LogP contribution is 2.33. The highest BCUT2D eigenvalue weighted by atomic mass is 16.5. The normalized spacial score (nSPS) is 21.8. The number of nitrogens with two attached hydrogens (primary N) is 1. The first kappa shape index (κ1) is 16.3. The van der Waals surface area contributed by atoms with Crippen LogP contribution in [0.25, 0.3) is 0 Å². The van der Waals surface area contributed by atoms with Gasteiger partial charge in [0.2, 0.25) is 5.91 Å². The zero-order valence-electron chi connectivity index (χ0n) is 13.9. The second kappa shape index (κ2) is 7.32. The van der Waals surface area contributed by atoms with E-state index in [0.717, 1.165) is 44.5 Å². The predicted molar refractivity (Wildman–Crippen MR) is 90.5 cm³/mol. The molecule has 0 spiro atoms. The standard InChI is InChI=1S/C18H27N3O2/c1-23-14-7-5-13-6-8-17(15(13)11-14)20-12-16(19)18(22)21-9-3-2-4-10-21/h5,7,11,16-17,20H,2-4,6,8-10,12,19H2,1H3. The lowest BCUT2D eigenvalue weighted by Crippen LogP contribution is -2.50. The number of aryl methyl sites for hydroxylation is 1. The first-order chi connectivity index (χ1) is 11.2. The summed E-state index contributed by atoms with van der Waals surface area (Å²) in [5.74, 6) is 0.965. The predicted octanol–water partition coefficient (Wildman–Crippen LogP) is 1.61. The summed E-state index contributed by atoms with van der Waals surface area (Å²) in [6.45, 7) is 2.24. The molecule has 0 saturated carbocycles. The molecule has 0 aromatic heterocycles. The van der Waals surface area contributed by atoms with Gasteiger partial charge in [0.25, 0.3) is 0 Å². The summed E-state index contributed by atoms with van der Waals surface area (Å²) in [5, 5.41) is 3.48. The Morgan fingerprint density at radius 2 is 2.17 bits per heavy atom. The number of rotatable bonds is 5. The van der Waals surface area contributed by atoms with Crippen LogP contribution in [0.4, 0.5) is 0 Å². The van der Waals surface area contributed by atoms with Crippen molar-refractivity contribution in [3.05, 3.63) is 29.3 Å². The number of carbonyl (C=O) groups is 1. The third-order valence-corrected chi connectivity index (χ3v) is 5.00. The minimum Gasteiger partial charge on any atom is -0.497 e. The minimum atomic E-state index is -0.456. The molecular weight excluding hydrogens is 290 g/mol. The molecule has 3 N–H and O–H groups in total. The van der Waals surface area contributed by atoms with Crippen LogP contribution in [-0.2, 0) is 11.2 Å². The maximum atomic E-state index is 12.4. The maximum Gasteiger partial charge on any atom is 0.240 e. The van der Waals surface area contributed by atoms with Gasteiger partial charge in [0, 0.05) is 25.7 Å². The summed E-state index contributed by atoms with van der Waals surface area (Å²) in [7, 11) is 1.69. The zero-order chi connectivity index (χ0) is 16.2. The number of benzene rings is 1. The van der Waals surface area contributed by atoms with Crippen molar-refractivity contribution in [2.45, 2.75) is 44.2 Å². The Labute approximate surface area is 138 Å². The van der Waals surface area contributed by atoms with Crippen molar-refractivity contribution in [2.75, 3.05) is 26.7 Å². The fraction of sp³-hybridized carbons (Fsp3) is 0.611. The van der Waals surface area contributed by atoms with Gasteiger partial charge in [0.05, 0.1) is 13.2 Å². The Morgan fingerprint density at radius 3 is 2.91 bits per heavy atom. The summed E-state index contributed by atoms with van der Waals surface area (Å²) in [4.78, 5) is 14.3. The second-order valence-electron chi connectivity index (χ2n) is 6.56. The SMILES string of the molecule is COc1ccc2c(c1)C(NCC(N)C(=O)N1CCCCC1)CC2. The van der Waals surface area contributed by atoms with Crippen LogP contribution in [0.5, 0.6) is 5.75 Å². The van der Waals surface area contributed by atoms with Gasteiger partial charge in [0.15, 0.2) is 0 Å². The number of likely N-dealkylation sites (tertiary alicyclic amines) is 1. The molecule has 2 atom stereocenters. The van der Waals surface area contributed by atoms with Crippen molar-refractivity contribution in [1.82, 2.24) is 10.2 Å². The fourth-order valence-electron chi connectivity index (χ4n) is 3.62. The summed E-state index contributed by atoms with van der Waals surface area (Å²) < 4.78 is 5.32. The Hall–Kier alpha value is -1.59. The molecule has 1 aliphatic heterocycles. The molecule has 1 aromatic carbocycles. The number of fused-ring (bicyclic) bond motifs is 1. The number of carbonyl (C=O) groups excluding carboxylic acids is 1. The second-order valence-corrected chi connectivity index (χ2v) is 6.56. The van der Waals surface area contributed by atoms with Crippen molar-refractivity contribution in [2.24, 2.45) is 5.73 Å². The average molecular weight is 317 g/mol. The molecule has 1 fully saturated rings. The number of hydrogen-bond donors (Lipinski definition) is 2. The van der Waals surface area contributed by atoms with Gasteiger partial charge in [-0.25, -0.2) is 0 Å². The number of ether oxygens (including phenoxy) is 1. The number of nitrogens with zero attached hydrogens (tertiary/aromatic N) is 1. The van der Waals surface area contributed by atoms with E-state index in [1.807, 2.05) is 11.0 Å². The topological polar surface area (TPSA) is 67.6 Å². The molecule has 1 aromatic rings. The maximum absolute atomic E-state index is 12.4. The van der Waals surface area contributed by atoms with Gasteiger partial charge < -0.3 is 20.7 Å². The molecule has 5 heteroatoms. The molecule has 1 amide bonds. The van der Waals surface area contributed by atoms with Crippen LogP contribution in [0.3, 0.4) is 0 Å². The van der Waals surface area contributed by atoms with Gasteiger partial charge in [-0.1, -0.05) is 6.07 Å². The van der Waals surface area contributed by atoms with Crippen LogP contribution in [0.1, 0.15) is 42.9 Å². The van der Waals surface area contributed by atoms with Gasteiger partial charge in [0.1, 0.15) is 5.75 Å². The Kier molecular flexibility index (Phi) is 5.18. The smallest absolute Gasteiger partial charge is 0.240 e. The van der Waals surface area contributed by atoms with Crippen molar-refractivity contribution in [3.8, 4) is 5.75 Å². The third-order valence-electron chi connectivity index (χ3n) is 5.00. The fourth-order valence-corrected chi connectivity index (χ4v) is 3.62. The van der Waals surface area contributed by atoms with E-state index in [2.05, 4.69) is 17.4 Å². The molecule has 2 aliphatic rings. The van der Waals surface area contributed by atoms with E-state index in [1.54, 1.807) is 7.11 Å². The van der Waals surface area contributed by atoms with E-state index < -0.39 is 6.04 Å². The van der Waals surface area contributed by atoms with Gasteiger partial charge >= 0.3 is 0 Å². The molecule has 23 heavy (non-hydrogen) atoms.